The van der Waals surface area contributed by atoms with Crippen LogP contribution in [0.4, 0.5) is 13.2 Å². The molecule has 29 heavy (non-hydrogen) atoms. The number of hydrogen-bond acceptors (Lipinski definition) is 4. The van der Waals surface area contributed by atoms with Gasteiger partial charge in [-0.05, 0) is 82.3 Å². The smallest absolute Gasteiger partial charge is 0.419 e. The Hall–Kier alpha value is -1.76. The largest absolute Gasteiger partial charge is 0.545 e. The number of carboxylic acids is 1. The van der Waals surface area contributed by atoms with Crippen LogP contribution in [0.15, 0.2) is 18.2 Å². The zero-order chi connectivity index (χ0) is 21.0. The third kappa shape index (κ3) is 3.98. The zero-order valence-electron chi connectivity index (χ0n) is 16.6. The van der Waals surface area contributed by atoms with Crippen molar-refractivity contribution >= 4 is 5.97 Å². The van der Waals surface area contributed by atoms with E-state index in [-0.39, 0.29) is 17.1 Å². The van der Waals surface area contributed by atoms with Crippen LogP contribution in [0.2, 0.25) is 0 Å². The molecule has 1 aromatic carbocycles. The molecule has 4 saturated carbocycles. The number of aromatic carboxylic acids is 1. The van der Waals surface area contributed by atoms with E-state index >= 15 is 0 Å². The monoisotopic (exact) mass is 411 g/mol. The topological polar surface area (TPSA) is 58.6 Å². The SMILES string of the molecule is CC(C)OC(Oc1cc(C(=O)[O-])ccc1C(F)(F)F)C12CC3CC(CC(C3)C1)C2. The first-order valence-electron chi connectivity index (χ1n) is 10.3. The number of carbonyl (C=O) groups excluding carboxylic acids is 1. The lowest BCUT2D eigenvalue weighted by Crippen LogP contribution is -2.54. The number of halogens is 3. The van der Waals surface area contributed by atoms with Crippen LogP contribution in [0.1, 0.15) is 68.3 Å². The molecular weight excluding hydrogens is 385 g/mol. The van der Waals surface area contributed by atoms with Crippen molar-refractivity contribution in [2.75, 3.05) is 0 Å². The number of rotatable bonds is 6. The summed E-state index contributed by atoms with van der Waals surface area (Å²) >= 11 is 0. The molecule has 4 fully saturated rings. The van der Waals surface area contributed by atoms with Gasteiger partial charge in [0.15, 0.2) is 0 Å². The first-order valence-corrected chi connectivity index (χ1v) is 10.3. The molecule has 0 amide bonds. The maximum atomic E-state index is 13.6. The molecule has 7 heteroatoms. The highest BCUT2D eigenvalue weighted by molar-refractivity contribution is 5.86. The Kier molecular flexibility index (Phi) is 5.08. The summed E-state index contributed by atoms with van der Waals surface area (Å²) in [6, 6.07) is 2.55. The molecule has 0 heterocycles. The van der Waals surface area contributed by atoms with Crippen LogP contribution in [0.25, 0.3) is 0 Å². The Morgan fingerprint density at radius 2 is 1.66 bits per heavy atom. The van der Waals surface area contributed by atoms with Crippen LogP contribution in [0.5, 0.6) is 5.75 Å². The Labute approximate surface area is 168 Å². The van der Waals surface area contributed by atoms with Gasteiger partial charge in [-0.15, -0.1) is 0 Å². The van der Waals surface area contributed by atoms with Gasteiger partial charge in [0.25, 0.3) is 0 Å². The number of ether oxygens (including phenoxy) is 2. The molecule has 4 bridgehead atoms. The van der Waals surface area contributed by atoms with E-state index in [0.717, 1.165) is 37.5 Å². The summed E-state index contributed by atoms with van der Waals surface area (Å²) in [4.78, 5) is 11.2. The first-order chi connectivity index (χ1) is 13.6. The fourth-order valence-electron chi connectivity index (χ4n) is 6.11. The standard InChI is InChI=1S/C22H27F3O4/c1-12(2)28-20(21-9-13-5-14(10-21)7-15(6-13)11-21)29-18-8-16(19(26)27)3-4-17(18)22(23,24)25/h3-4,8,12-15,20H,5-7,9-11H2,1-2H3,(H,26,27)/p-1. The van der Waals surface area contributed by atoms with E-state index in [2.05, 4.69) is 0 Å². The van der Waals surface area contributed by atoms with Crippen LogP contribution in [0.3, 0.4) is 0 Å². The Balaban J connectivity index is 1.71. The molecule has 0 saturated heterocycles. The number of hydrogen-bond donors (Lipinski definition) is 0. The molecule has 0 aliphatic heterocycles. The Morgan fingerprint density at radius 1 is 1.10 bits per heavy atom. The third-order valence-electron chi connectivity index (χ3n) is 6.74. The second-order valence-corrected chi connectivity index (χ2v) is 9.41. The molecule has 0 spiro atoms. The van der Waals surface area contributed by atoms with Crippen LogP contribution in [-0.4, -0.2) is 18.4 Å². The molecule has 4 aliphatic carbocycles. The summed E-state index contributed by atoms with van der Waals surface area (Å²) < 4.78 is 52.7. The van der Waals surface area contributed by atoms with Crippen LogP contribution < -0.4 is 9.84 Å². The highest BCUT2D eigenvalue weighted by Gasteiger charge is 2.56. The van der Waals surface area contributed by atoms with Crippen LogP contribution >= 0.6 is 0 Å². The maximum Gasteiger partial charge on any atom is 0.419 e. The van der Waals surface area contributed by atoms with Gasteiger partial charge in [-0.3, -0.25) is 0 Å². The van der Waals surface area contributed by atoms with Gasteiger partial charge in [-0.25, -0.2) is 0 Å². The van der Waals surface area contributed by atoms with Crippen molar-refractivity contribution in [3.8, 4) is 5.75 Å². The van der Waals surface area contributed by atoms with E-state index < -0.39 is 29.7 Å². The highest BCUT2D eigenvalue weighted by atomic mass is 19.4. The highest BCUT2D eigenvalue weighted by Crippen LogP contribution is 2.62. The first kappa shape index (κ1) is 20.5. The van der Waals surface area contributed by atoms with Gasteiger partial charge in [-0.2, -0.15) is 13.2 Å². The summed E-state index contributed by atoms with van der Waals surface area (Å²) in [5.74, 6) is -0.334. The second-order valence-electron chi connectivity index (χ2n) is 9.41. The summed E-state index contributed by atoms with van der Waals surface area (Å²) in [7, 11) is 0. The Bertz CT molecular complexity index is 751. The van der Waals surface area contributed by atoms with Gasteiger partial charge in [0.2, 0.25) is 6.29 Å². The molecule has 5 rings (SSSR count). The predicted octanol–water partition coefficient (Wildman–Crippen LogP) is 4.42. The predicted molar refractivity (Wildman–Crippen MR) is 97.0 cm³/mol. The molecular formula is C22H26F3O4-. The summed E-state index contributed by atoms with van der Waals surface area (Å²) in [6.45, 7) is 3.66. The molecule has 1 atom stereocenters. The third-order valence-corrected chi connectivity index (χ3v) is 6.74. The lowest BCUT2D eigenvalue weighted by Gasteiger charge is -2.58. The minimum absolute atomic E-state index is 0.230. The molecule has 160 valence electrons. The average Bonchev–Trinajstić information content (AvgIpc) is 2.58. The van der Waals surface area contributed by atoms with Crippen molar-refractivity contribution < 1.29 is 32.5 Å². The van der Waals surface area contributed by atoms with Crippen molar-refractivity contribution in [1.82, 2.24) is 0 Å². The van der Waals surface area contributed by atoms with E-state index in [4.69, 9.17) is 9.47 Å². The second kappa shape index (κ2) is 7.18. The van der Waals surface area contributed by atoms with E-state index in [1.807, 2.05) is 13.8 Å². The molecule has 0 radical (unpaired) electrons. The fraction of sp³-hybridized carbons (Fsp3) is 0.682. The summed E-state index contributed by atoms with van der Waals surface area (Å²) in [5, 5.41) is 11.2. The molecule has 0 N–H and O–H groups in total. The minimum atomic E-state index is -4.66. The molecule has 0 aromatic heterocycles. The van der Waals surface area contributed by atoms with E-state index in [9.17, 15) is 23.1 Å². The van der Waals surface area contributed by atoms with E-state index in [1.54, 1.807) is 0 Å². The number of alkyl halides is 3. The van der Waals surface area contributed by atoms with Crippen LogP contribution in [0, 0.1) is 23.2 Å². The van der Waals surface area contributed by atoms with E-state index in [1.165, 1.54) is 19.3 Å². The molecule has 4 nitrogen and oxygen atoms in total. The van der Waals surface area contributed by atoms with Crippen molar-refractivity contribution in [3.63, 3.8) is 0 Å². The normalized spacial score (nSPS) is 31.9. The fourth-order valence-corrected chi connectivity index (χ4v) is 6.11. The van der Waals surface area contributed by atoms with E-state index in [0.29, 0.717) is 17.8 Å². The van der Waals surface area contributed by atoms with Gasteiger partial charge < -0.3 is 19.4 Å². The van der Waals surface area contributed by atoms with Crippen molar-refractivity contribution in [2.24, 2.45) is 23.2 Å². The van der Waals surface area contributed by atoms with Crippen molar-refractivity contribution in [1.29, 1.82) is 0 Å². The lowest BCUT2D eigenvalue weighted by atomic mass is 9.49. The zero-order valence-corrected chi connectivity index (χ0v) is 16.6. The number of benzene rings is 1. The molecule has 1 unspecified atom stereocenters. The maximum absolute atomic E-state index is 13.6. The number of carboxylic acid groups (broad SMARTS) is 1. The molecule has 4 aliphatic rings. The van der Waals surface area contributed by atoms with Crippen LogP contribution in [-0.2, 0) is 10.9 Å². The molecule has 1 aromatic rings. The van der Waals surface area contributed by atoms with Gasteiger partial charge in [0.1, 0.15) is 5.75 Å². The Morgan fingerprint density at radius 3 is 2.10 bits per heavy atom. The van der Waals surface area contributed by atoms with Gasteiger partial charge in [0.05, 0.1) is 17.6 Å². The van der Waals surface area contributed by atoms with Gasteiger partial charge in [-0.1, -0.05) is 6.07 Å². The van der Waals surface area contributed by atoms with Crippen molar-refractivity contribution in [3.05, 3.63) is 29.3 Å². The van der Waals surface area contributed by atoms with Gasteiger partial charge in [0, 0.05) is 11.0 Å². The quantitative estimate of drug-likeness (QED) is 0.651. The van der Waals surface area contributed by atoms with Gasteiger partial charge >= 0.3 is 6.18 Å². The number of carbonyl (C=O) groups is 1. The lowest BCUT2D eigenvalue weighted by molar-refractivity contribution is -0.255. The van der Waals surface area contributed by atoms with Crippen molar-refractivity contribution in [2.45, 2.75) is 70.9 Å². The minimum Gasteiger partial charge on any atom is -0.545 e. The summed E-state index contributed by atoms with van der Waals surface area (Å²) in [5.41, 5.74) is -1.66. The summed E-state index contributed by atoms with van der Waals surface area (Å²) in [6.07, 6.45) is 0.475. The average molecular weight is 411 g/mol.